The van der Waals surface area contributed by atoms with Crippen molar-refractivity contribution < 1.29 is 9.90 Å². The first-order valence-electron chi connectivity index (χ1n) is 6.41. The molecule has 2 aromatic rings. The Morgan fingerprint density at radius 1 is 1.15 bits per heavy atom. The normalized spacial score (nSPS) is 10.3. The van der Waals surface area contributed by atoms with Gasteiger partial charge in [-0.1, -0.05) is 18.2 Å². The summed E-state index contributed by atoms with van der Waals surface area (Å²) in [6, 6.07) is 10.5. The maximum atomic E-state index is 12.1. The number of nitrogens with one attached hydrogen (secondary N) is 1. The molecule has 0 unspecified atom stereocenters. The summed E-state index contributed by atoms with van der Waals surface area (Å²) in [6.45, 7) is 4.05. The van der Waals surface area contributed by atoms with E-state index in [4.69, 9.17) is 5.73 Å². The molecule has 0 aliphatic heterocycles. The van der Waals surface area contributed by atoms with Gasteiger partial charge in [0.15, 0.2) is 0 Å². The maximum Gasteiger partial charge on any atom is 0.251 e. The summed E-state index contributed by atoms with van der Waals surface area (Å²) >= 11 is 0. The number of carbonyl (C=O) groups is 1. The van der Waals surface area contributed by atoms with Crippen LogP contribution in [-0.2, 0) is 6.54 Å². The average molecular weight is 270 g/mol. The fraction of sp³-hybridized carbons (Fsp3) is 0.188. The van der Waals surface area contributed by atoms with E-state index >= 15 is 0 Å². The van der Waals surface area contributed by atoms with Crippen LogP contribution in [0.25, 0.3) is 0 Å². The second-order valence-corrected chi connectivity index (χ2v) is 4.76. The highest BCUT2D eigenvalue weighted by molar-refractivity contribution is 5.96. The molecule has 4 N–H and O–H groups in total. The number of hydrogen-bond donors (Lipinski definition) is 3. The van der Waals surface area contributed by atoms with Crippen molar-refractivity contribution in [3.05, 3.63) is 58.7 Å². The summed E-state index contributed by atoms with van der Waals surface area (Å²) in [5.74, 6) is -0.0852. The Kier molecular flexibility index (Phi) is 3.94. The zero-order chi connectivity index (χ0) is 14.7. The Balaban J connectivity index is 2.13. The molecule has 0 bridgehead atoms. The highest BCUT2D eigenvalue weighted by Gasteiger charge is 2.11. The lowest BCUT2D eigenvalue weighted by Crippen LogP contribution is -2.24. The molecule has 0 radical (unpaired) electrons. The van der Waals surface area contributed by atoms with Crippen LogP contribution < -0.4 is 11.1 Å². The summed E-state index contributed by atoms with van der Waals surface area (Å²) in [6.07, 6.45) is 0. The second kappa shape index (κ2) is 5.65. The van der Waals surface area contributed by atoms with Crippen LogP contribution in [0, 0.1) is 13.8 Å². The summed E-state index contributed by atoms with van der Waals surface area (Å²) in [5, 5.41) is 12.5. The van der Waals surface area contributed by atoms with Gasteiger partial charge < -0.3 is 16.2 Å². The number of anilines is 1. The fourth-order valence-corrected chi connectivity index (χ4v) is 2.04. The average Bonchev–Trinajstić information content (AvgIpc) is 2.43. The van der Waals surface area contributed by atoms with Crippen LogP contribution in [-0.4, -0.2) is 11.0 Å². The molecule has 0 saturated heterocycles. The van der Waals surface area contributed by atoms with Crippen LogP contribution in [0.3, 0.4) is 0 Å². The van der Waals surface area contributed by atoms with Crippen molar-refractivity contribution in [2.75, 3.05) is 5.73 Å². The van der Waals surface area contributed by atoms with Crippen LogP contribution in [0.5, 0.6) is 5.75 Å². The van der Waals surface area contributed by atoms with Gasteiger partial charge in [0.1, 0.15) is 5.75 Å². The molecule has 104 valence electrons. The predicted octanol–water partition coefficient (Wildman–Crippen LogP) is 2.52. The van der Waals surface area contributed by atoms with E-state index < -0.39 is 0 Å². The van der Waals surface area contributed by atoms with E-state index in [2.05, 4.69) is 5.32 Å². The Bertz CT molecular complexity index is 651. The van der Waals surface area contributed by atoms with Gasteiger partial charge in [-0.05, 0) is 43.2 Å². The molecule has 20 heavy (non-hydrogen) atoms. The monoisotopic (exact) mass is 270 g/mol. The van der Waals surface area contributed by atoms with Crippen molar-refractivity contribution >= 4 is 11.6 Å². The van der Waals surface area contributed by atoms with E-state index in [9.17, 15) is 9.90 Å². The first-order chi connectivity index (χ1) is 9.50. The molecule has 1 amide bonds. The van der Waals surface area contributed by atoms with Crippen LogP contribution in [0.2, 0.25) is 0 Å². The van der Waals surface area contributed by atoms with Gasteiger partial charge in [0.05, 0.1) is 0 Å². The minimum atomic E-state index is -0.208. The van der Waals surface area contributed by atoms with Gasteiger partial charge >= 0.3 is 0 Å². The van der Waals surface area contributed by atoms with E-state index in [1.165, 1.54) is 0 Å². The molecule has 0 aliphatic carbocycles. The van der Waals surface area contributed by atoms with Crippen LogP contribution in [0.15, 0.2) is 36.4 Å². The number of rotatable bonds is 3. The Morgan fingerprint density at radius 3 is 2.60 bits per heavy atom. The largest absolute Gasteiger partial charge is 0.508 e. The quantitative estimate of drug-likeness (QED) is 0.750. The summed E-state index contributed by atoms with van der Waals surface area (Å²) in [5.41, 5.74) is 9.56. The molecule has 0 aliphatic rings. The molecule has 4 nitrogen and oxygen atoms in total. The third kappa shape index (κ3) is 2.74. The van der Waals surface area contributed by atoms with Crippen molar-refractivity contribution in [2.24, 2.45) is 0 Å². The van der Waals surface area contributed by atoms with Crippen LogP contribution in [0.4, 0.5) is 5.69 Å². The smallest absolute Gasteiger partial charge is 0.251 e. The third-order valence-corrected chi connectivity index (χ3v) is 3.48. The molecule has 4 heteroatoms. The molecule has 0 spiro atoms. The first-order valence-corrected chi connectivity index (χ1v) is 6.41. The molecule has 0 heterocycles. The van der Waals surface area contributed by atoms with Gasteiger partial charge in [0.2, 0.25) is 0 Å². The zero-order valence-electron chi connectivity index (χ0n) is 11.6. The number of aromatic hydroxyl groups is 1. The summed E-state index contributed by atoms with van der Waals surface area (Å²) in [4.78, 5) is 12.1. The number of benzene rings is 2. The standard InChI is InChI=1S/C16H18N2O2/c1-10-12(5-3-7-14(10)17)9-18-16(20)13-6-4-8-15(19)11(13)2/h3-8,19H,9,17H2,1-2H3,(H,18,20). The number of phenolic OH excluding ortho intramolecular Hbond substituents is 1. The van der Waals surface area contributed by atoms with Gasteiger partial charge in [-0.2, -0.15) is 0 Å². The maximum absolute atomic E-state index is 12.1. The molecule has 0 aromatic heterocycles. The molecular formula is C16H18N2O2. The van der Waals surface area contributed by atoms with E-state index in [0.717, 1.165) is 11.1 Å². The number of amides is 1. The zero-order valence-corrected chi connectivity index (χ0v) is 11.6. The van der Waals surface area contributed by atoms with E-state index in [0.29, 0.717) is 23.4 Å². The number of nitrogen functional groups attached to an aromatic ring is 1. The topological polar surface area (TPSA) is 75.3 Å². The Morgan fingerprint density at radius 2 is 1.85 bits per heavy atom. The number of phenols is 1. The fourth-order valence-electron chi connectivity index (χ4n) is 2.04. The minimum Gasteiger partial charge on any atom is -0.508 e. The number of nitrogens with two attached hydrogens (primary N) is 1. The Labute approximate surface area is 118 Å². The Hall–Kier alpha value is -2.49. The highest BCUT2D eigenvalue weighted by atomic mass is 16.3. The third-order valence-electron chi connectivity index (χ3n) is 3.48. The van der Waals surface area contributed by atoms with Gasteiger partial charge in [-0.15, -0.1) is 0 Å². The van der Waals surface area contributed by atoms with Crippen molar-refractivity contribution in [2.45, 2.75) is 20.4 Å². The SMILES string of the molecule is Cc1c(N)cccc1CNC(=O)c1cccc(O)c1C. The molecular weight excluding hydrogens is 252 g/mol. The highest BCUT2D eigenvalue weighted by Crippen LogP contribution is 2.20. The first kappa shape index (κ1) is 13.9. The van der Waals surface area contributed by atoms with Crippen molar-refractivity contribution in [3.63, 3.8) is 0 Å². The van der Waals surface area contributed by atoms with Crippen molar-refractivity contribution in [1.82, 2.24) is 5.32 Å². The molecule has 2 rings (SSSR count). The predicted molar refractivity (Wildman–Crippen MR) is 79.6 cm³/mol. The lowest BCUT2D eigenvalue weighted by molar-refractivity contribution is 0.0950. The van der Waals surface area contributed by atoms with E-state index in [1.54, 1.807) is 25.1 Å². The minimum absolute atomic E-state index is 0.123. The van der Waals surface area contributed by atoms with E-state index in [1.807, 2.05) is 25.1 Å². The lowest BCUT2D eigenvalue weighted by atomic mass is 10.1. The van der Waals surface area contributed by atoms with Crippen molar-refractivity contribution in [1.29, 1.82) is 0 Å². The lowest BCUT2D eigenvalue weighted by Gasteiger charge is -2.11. The number of hydrogen-bond acceptors (Lipinski definition) is 3. The van der Waals surface area contributed by atoms with Crippen molar-refractivity contribution in [3.8, 4) is 5.75 Å². The summed E-state index contributed by atoms with van der Waals surface area (Å²) < 4.78 is 0. The van der Waals surface area contributed by atoms with E-state index in [-0.39, 0.29) is 11.7 Å². The molecule has 2 aromatic carbocycles. The molecule has 0 atom stereocenters. The van der Waals surface area contributed by atoms with Gasteiger partial charge in [0.25, 0.3) is 5.91 Å². The van der Waals surface area contributed by atoms with Gasteiger partial charge in [-0.25, -0.2) is 0 Å². The second-order valence-electron chi connectivity index (χ2n) is 4.76. The number of carbonyl (C=O) groups excluding carboxylic acids is 1. The molecule has 0 saturated carbocycles. The van der Waals surface area contributed by atoms with Gasteiger partial charge in [-0.3, -0.25) is 4.79 Å². The molecule has 0 fully saturated rings. The van der Waals surface area contributed by atoms with Crippen LogP contribution >= 0.6 is 0 Å². The van der Waals surface area contributed by atoms with Crippen LogP contribution in [0.1, 0.15) is 27.0 Å². The van der Waals surface area contributed by atoms with Gasteiger partial charge in [0, 0.05) is 23.4 Å². The summed E-state index contributed by atoms with van der Waals surface area (Å²) in [7, 11) is 0.